The van der Waals surface area contributed by atoms with E-state index in [-0.39, 0.29) is 17.0 Å². The molecule has 3 unspecified atom stereocenters. The Morgan fingerprint density at radius 1 is 1.25 bits per heavy atom. The van der Waals surface area contributed by atoms with Crippen molar-refractivity contribution < 1.29 is 22.6 Å². The summed E-state index contributed by atoms with van der Waals surface area (Å²) in [4.78, 5) is 0.244. The van der Waals surface area contributed by atoms with Gasteiger partial charge < -0.3 is 9.47 Å². The first-order chi connectivity index (χ1) is 9.41. The number of benzene rings is 1. The fourth-order valence-electron chi connectivity index (χ4n) is 2.01. The number of hydrogen-bond acceptors (Lipinski definition) is 2. The normalized spacial score (nSPS) is 26.1. The Bertz CT molecular complexity index is 433. The first-order valence-corrected chi connectivity index (χ1v) is 7.43. The predicted octanol–water partition coefficient (Wildman–Crippen LogP) is 4.42. The van der Waals surface area contributed by atoms with Crippen LogP contribution in [0.15, 0.2) is 24.3 Å². The topological polar surface area (TPSA) is 18.5 Å². The molecule has 0 radical (unpaired) electrons. The molecule has 0 aliphatic heterocycles. The van der Waals surface area contributed by atoms with Crippen molar-refractivity contribution in [1.29, 1.82) is 0 Å². The van der Waals surface area contributed by atoms with Crippen LogP contribution in [-0.4, -0.2) is 23.6 Å². The van der Waals surface area contributed by atoms with Crippen LogP contribution in [-0.2, 0) is 10.9 Å². The molecule has 0 aromatic heterocycles. The van der Waals surface area contributed by atoms with Crippen molar-refractivity contribution >= 4 is 15.9 Å². The van der Waals surface area contributed by atoms with Crippen molar-refractivity contribution in [3.05, 3.63) is 29.8 Å². The molecular formula is C14H16BrF3O2. The summed E-state index contributed by atoms with van der Waals surface area (Å²) in [6, 6.07) is 4.76. The lowest BCUT2D eigenvalue weighted by Gasteiger charge is -2.40. The highest BCUT2D eigenvalue weighted by atomic mass is 79.9. The number of hydrogen-bond donors (Lipinski definition) is 0. The largest absolute Gasteiger partial charge is 0.488 e. The van der Waals surface area contributed by atoms with Crippen LogP contribution < -0.4 is 4.74 Å². The van der Waals surface area contributed by atoms with Crippen LogP contribution in [0.3, 0.4) is 0 Å². The lowest BCUT2D eigenvalue weighted by atomic mass is 9.91. The summed E-state index contributed by atoms with van der Waals surface area (Å²) in [5.41, 5.74) is -0.671. The Kier molecular flexibility index (Phi) is 4.96. The highest BCUT2D eigenvalue weighted by molar-refractivity contribution is 9.09. The van der Waals surface area contributed by atoms with Crippen LogP contribution >= 0.6 is 15.9 Å². The van der Waals surface area contributed by atoms with Gasteiger partial charge in [0.2, 0.25) is 0 Å². The van der Waals surface area contributed by atoms with Gasteiger partial charge in [0.05, 0.1) is 5.56 Å². The number of halogens is 4. The summed E-state index contributed by atoms with van der Waals surface area (Å²) in [6.45, 7) is 2.67. The van der Waals surface area contributed by atoms with E-state index in [0.29, 0.717) is 12.4 Å². The average molecular weight is 353 g/mol. The van der Waals surface area contributed by atoms with Gasteiger partial charge >= 0.3 is 6.18 Å². The maximum absolute atomic E-state index is 12.4. The highest BCUT2D eigenvalue weighted by Crippen LogP contribution is 2.35. The van der Waals surface area contributed by atoms with E-state index >= 15 is 0 Å². The molecule has 1 aromatic rings. The van der Waals surface area contributed by atoms with Crippen LogP contribution in [0, 0.1) is 0 Å². The second kappa shape index (κ2) is 6.35. The second-order valence-corrected chi connectivity index (χ2v) is 5.94. The molecule has 0 N–H and O–H groups in total. The molecular weight excluding hydrogens is 337 g/mol. The Morgan fingerprint density at radius 3 is 2.40 bits per heavy atom. The number of rotatable bonds is 5. The van der Waals surface area contributed by atoms with Crippen LogP contribution in [0.1, 0.15) is 25.3 Å². The third-order valence-corrected chi connectivity index (χ3v) is 4.06. The van der Waals surface area contributed by atoms with Crippen LogP contribution in [0.5, 0.6) is 5.75 Å². The zero-order chi connectivity index (χ0) is 14.8. The first kappa shape index (κ1) is 15.6. The molecule has 20 heavy (non-hydrogen) atoms. The fraction of sp³-hybridized carbons (Fsp3) is 0.571. The van der Waals surface area contributed by atoms with E-state index in [1.54, 1.807) is 0 Å². The molecule has 2 rings (SSSR count). The molecule has 1 saturated carbocycles. The molecule has 112 valence electrons. The monoisotopic (exact) mass is 352 g/mol. The van der Waals surface area contributed by atoms with Gasteiger partial charge in [-0.15, -0.1) is 0 Å². The van der Waals surface area contributed by atoms with E-state index in [1.807, 2.05) is 6.92 Å². The van der Waals surface area contributed by atoms with Gasteiger partial charge in [0.25, 0.3) is 0 Å². The molecule has 0 heterocycles. The molecule has 1 fully saturated rings. The Hall–Kier alpha value is -0.750. The van der Waals surface area contributed by atoms with E-state index in [9.17, 15) is 13.2 Å². The van der Waals surface area contributed by atoms with Crippen LogP contribution in [0.25, 0.3) is 0 Å². The smallest absolute Gasteiger partial charge is 0.416 e. The van der Waals surface area contributed by atoms with Crippen molar-refractivity contribution in [3.63, 3.8) is 0 Å². The van der Waals surface area contributed by atoms with Crippen LogP contribution in [0.4, 0.5) is 13.2 Å². The number of ether oxygens (including phenoxy) is 2. The predicted molar refractivity (Wildman–Crippen MR) is 73.2 cm³/mol. The summed E-state index contributed by atoms with van der Waals surface area (Å²) in [7, 11) is 0. The summed E-state index contributed by atoms with van der Waals surface area (Å²) in [5, 5.41) is 0. The van der Waals surface area contributed by atoms with E-state index in [4.69, 9.17) is 9.47 Å². The molecule has 0 amide bonds. The molecule has 6 heteroatoms. The summed E-state index contributed by atoms with van der Waals surface area (Å²) < 4.78 is 48.7. The molecule has 0 saturated heterocycles. The van der Waals surface area contributed by atoms with E-state index in [1.165, 1.54) is 12.1 Å². The average Bonchev–Trinajstić information content (AvgIpc) is 2.38. The zero-order valence-electron chi connectivity index (χ0n) is 11.0. The molecule has 1 aromatic carbocycles. The standard InChI is InChI=1S/C14H16BrF3O2/c1-2-7-19-13-11(15)8-12(13)20-10-5-3-9(4-6-10)14(16,17)18/h3-6,11-13H,2,7-8H2,1H3. The minimum atomic E-state index is -4.32. The van der Waals surface area contributed by atoms with Crippen molar-refractivity contribution in [3.8, 4) is 5.75 Å². The van der Waals surface area contributed by atoms with Crippen molar-refractivity contribution in [1.82, 2.24) is 0 Å². The Morgan fingerprint density at radius 2 is 1.90 bits per heavy atom. The fourth-order valence-corrected chi connectivity index (χ4v) is 2.87. The third kappa shape index (κ3) is 3.67. The lowest BCUT2D eigenvalue weighted by molar-refractivity contribution is -0.137. The summed E-state index contributed by atoms with van der Waals surface area (Å²) in [5.74, 6) is 0.437. The van der Waals surface area contributed by atoms with Crippen LogP contribution in [0.2, 0.25) is 0 Å². The van der Waals surface area contributed by atoms with Crippen molar-refractivity contribution in [2.75, 3.05) is 6.61 Å². The van der Waals surface area contributed by atoms with Gasteiger partial charge in [0.15, 0.2) is 0 Å². The Balaban J connectivity index is 1.93. The zero-order valence-corrected chi connectivity index (χ0v) is 12.6. The maximum atomic E-state index is 12.4. The second-order valence-electron chi connectivity index (χ2n) is 4.77. The van der Waals surface area contributed by atoms with Gasteiger partial charge in [-0.1, -0.05) is 22.9 Å². The van der Waals surface area contributed by atoms with Crippen molar-refractivity contribution in [2.24, 2.45) is 0 Å². The highest BCUT2D eigenvalue weighted by Gasteiger charge is 2.42. The van der Waals surface area contributed by atoms with E-state index in [2.05, 4.69) is 15.9 Å². The van der Waals surface area contributed by atoms with Gasteiger partial charge in [0, 0.05) is 17.9 Å². The molecule has 3 atom stereocenters. The third-order valence-electron chi connectivity index (χ3n) is 3.16. The minimum absolute atomic E-state index is 0.0442. The van der Waals surface area contributed by atoms with Gasteiger partial charge in [0.1, 0.15) is 18.0 Å². The van der Waals surface area contributed by atoms with E-state index in [0.717, 1.165) is 25.0 Å². The van der Waals surface area contributed by atoms with Gasteiger partial charge in [-0.3, -0.25) is 0 Å². The van der Waals surface area contributed by atoms with Gasteiger partial charge in [-0.05, 0) is 30.7 Å². The van der Waals surface area contributed by atoms with Crippen molar-refractivity contribution in [2.45, 2.75) is 43.0 Å². The van der Waals surface area contributed by atoms with E-state index < -0.39 is 11.7 Å². The molecule has 2 nitrogen and oxygen atoms in total. The molecule has 1 aliphatic rings. The quantitative estimate of drug-likeness (QED) is 0.730. The number of alkyl halides is 4. The van der Waals surface area contributed by atoms with Gasteiger partial charge in [-0.2, -0.15) is 13.2 Å². The molecule has 1 aliphatic carbocycles. The SMILES string of the molecule is CCCOC1C(Br)CC1Oc1ccc(C(F)(F)F)cc1. The van der Waals surface area contributed by atoms with Gasteiger partial charge in [-0.25, -0.2) is 0 Å². The molecule has 0 bridgehead atoms. The minimum Gasteiger partial charge on any atom is -0.488 e. The lowest BCUT2D eigenvalue weighted by Crippen LogP contribution is -2.52. The molecule has 0 spiro atoms. The summed E-state index contributed by atoms with van der Waals surface area (Å²) >= 11 is 3.49. The maximum Gasteiger partial charge on any atom is 0.416 e. The summed E-state index contributed by atoms with van der Waals surface area (Å²) in [6.07, 6.45) is -2.76. The Labute approximate surface area is 124 Å². The first-order valence-electron chi connectivity index (χ1n) is 6.51.